The van der Waals surface area contributed by atoms with E-state index in [1.54, 1.807) is 4.90 Å². The Hall–Kier alpha value is -0.480. The number of nitrogens with zero attached hydrogens (tertiary/aromatic N) is 1. The van der Waals surface area contributed by atoms with E-state index in [2.05, 4.69) is 0 Å². The molecule has 1 saturated heterocycles. The molecule has 14 heavy (non-hydrogen) atoms. The number of carbonyl (C=O) groups is 1. The fourth-order valence-electron chi connectivity index (χ4n) is 1.45. The van der Waals surface area contributed by atoms with Gasteiger partial charge in [-0.1, -0.05) is 0 Å². The maximum Gasteiger partial charge on any atom is 0.410 e. The van der Waals surface area contributed by atoms with E-state index in [4.69, 9.17) is 10.5 Å². The van der Waals surface area contributed by atoms with Gasteiger partial charge in [0.05, 0.1) is 6.10 Å². The molecule has 0 aliphatic carbocycles. The molecule has 4 nitrogen and oxygen atoms in total. The standard InChI is InChI=1S/C9H18N2O2.ClH/c1-7(2)13-9(12)11-5-3-4-8(10)6-11;/h7-8H,3-6,10H2,1-2H3;1H/t8-;/m0./s1. The summed E-state index contributed by atoms with van der Waals surface area (Å²) >= 11 is 0. The van der Waals surface area contributed by atoms with E-state index >= 15 is 0 Å². The lowest BCUT2D eigenvalue weighted by molar-refractivity contribution is 0.0685. The predicted molar refractivity (Wildman–Crippen MR) is 57.6 cm³/mol. The summed E-state index contributed by atoms with van der Waals surface area (Å²) in [6.45, 7) is 5.11. The van der Waals surface area contributed by atoms with Crippen molar-refractivity contribution in [1.82, 2.24) is 4.90 Å². The molecule has 1 aliphatic rings. The Morgan fingerprint density at radius 2 is 2.21 bits per heavy atom. The summed E-state index contributed by atoms with van der Waals surface area (Å²) in [5.41, 5.74) is 5.74. The van der Waals surface area contributed by atoms with E-state index in [1.807, 2.05) is 13.8 Å². The highest BCUT2D eigenvalue weighted by molar-refractivity contribution is 5.85. The Bertz CT molecular complexity index is 188. The van der Waals surface area contributed by atoms with Crippen LogP contribution in [0.3, 0.4) is 0 Å². The molecule has 0 spiro atoms. The van der Waals surface area contributed by atoms with Gasteiger partial charge in [0.15, 0.2) is 0 Å². The molecule has 1 aliphatic heterocycles. The summed E-state index contributed by atoms with van der Waals surface area (Å²) < 4.78 is 5.07. The maximum absolute atomic E-state index is 11.4. The van der Waals surface area contributed by atoms with Crippen molar-refractivity contribution in [1.29, 1.82) is 0 Å². The molecule has 1 atom stereocenters. The van der Waals surface area contributed by atoms with Crippen LogP contribution in [0.5, 0.6) is 0 Å². The lowest BCUT2D eigenvalue weighted by atomic mass is 10.1. The van der Waals surface area contributed by atoms with Crippen LogP contribution in [0.1, 0.15) is 26.7 Å². The zero-order valence-corrected chi connectivity index (χ0v) is 9.55. The van der Waals surface area contributed by atoms with E-state index in [9.17, 15) is 4.79 Å². The minimum Gasteiger partial charge on any atom is -0.447 e. The minimum atomic E-state index is -0.231. The largest absolute Gasteiger partial charge is 0.447 e. The van der Waals surface area contributed by atoms with Gasteiger partial charge >= 0.3 is 6.09 Å². The van der Waals surface area contributed by atoms with Gasteiger partial charge in [0.25, 0.3) is 0 Å². The van der Waals surface area contributed by atoms with Crippen LogP contribution in [0.2, 0.25) is 0 Å². The van der Waals surface area contributed by atoms with E-state index in [0.29, 0.717) is 6.54 Å². The molecule has 0 saturated carbocycles. The number of carbonyl (C=O) groups excluding carboxylic acids is 1. The van der Waals surface area contributed by atoms with Crippen molar-refractivity contribution in [2.24, 2.45) is 5.73 Å². The van der Waals surface area contributed by atoms with Gasteiger partial charge in [-0.3, -0.25) is 0 Å². The zero-order valence-electron chi connectivity index (χ0n) is 8.73. The molecular formula is C9H19ClN2O2. The Morgan fingerprint density at radius 3 is 2.71 bits per heavy atom. The summed E-state index contributed by atoms with van der Waals surface area (Å²) in [4.78, 5) is 13.1. The van der Waals surface area contributed by atoms with Gasteiger partial charge < -0.3 is 15.4 Å². The number of ether oxygens (including phenoxy) is 1. The first-order valence-corrected chi connectivity index (χ1v) is 4.80. The third kappa shape index (κ3) is 4.15. The first-order chi connectivity index (χ1) is 6.09. The highest BCUT2D eigenvalue weighted by Gasteiger charge is 2.22. The molecule has 0 bridgehead atoms. The number of halogens is 1. The summed E-state index contributed by atoms with van der Waals surface area (Å²) in [6, 6.07) is 0.119. The van der Waals surface area contributed by atoms with Crippen molar-refractivity contribution in [2.45, 2.75) is 38.8 Å². The monoisotopic (exact) mass is 222 g/mol. The number of nitrogens with two attached hydrogens (primary N) is 1. The van der Waals surface area contributed by atoms with Gasteiger partial charge in [-0.15, -0.1) is 12.4 Å². The highest BCUT2D eigenvalue weighted by Crippen LogP contribution is 2.10. The predicted octanol–water partition coefficient (Wildman–Crippen LogP) is 1.38. The van der Waals surface area contributed by atoms with Crippen LogP contribution in [0, 0.1) is 0 Å². The van der Waals surface area contributed by atoms with Gasteiger partial charge in [0.2, 0.25) is 0 Å². The molecule has 5 heteroatoms. The van der Waals surface area contributed by atoms with Gasteiger partial charge in [0.1, 0.15) is 0 Å². The Balaban J connectivity index is 0.00000169. The highest BCUT2D eigenvalue weighted by atomic mass is 35.5. The second-order valence-electron chi connectivity index (χ2n) is 3.78. The summed E-state index contributed by atoms with van der Waals surface area (Å²) in [5.74, 6) is 0. The first-order valence-electron chi connectivity index (χ1n) is 4.80. The van der Waals surface area contributed by atoms with Crippen LogP contribution in [-0.2, 0) is 4.74 Å². The van der Waals surface area contributed by atoms with E-state index in [0.717, 1.165) is 19.4 Å². The van der Waals surface area contributed by atoms with Crippen LogP contribution in [0.4, 0.5) is 4.79 Å². The molecular weight excluding hydrogens is 204 g/mol. The summed E-state index contributed by atoms with van der Waals surface area (Å²) in [5, 5.41) is 0. The Labute approximate surface area is 91.2 Å². The molecule has 0 unspecified atom stereocenters. The van der Waals surface area contributed by atoms with E-state index in [-0.39, 0.29) is 30.6 Å². The second-order valence-corrected chi connectivity index (χ2v) is 3.78. The lowest BCUT2D eigenvalue weighted by Crippen LogP contribution is -2.46. The Kier molecular flexibility index (Phi) is 5.88. The van der Waals surface area contributed by atoms with Crippen LogP contribution in [-0.4, -0.2) is 36.2 Å². The molecule has 1 heterocycles. The lowest BCUT2D eigenvalue weighted by Gasteiger charge is -2.30. The SMILES string of the molecule is CC(C)OC(=O)N1CCC[C@H](N)C1.Cl. The third-order valence-electron chi connectivity index (χ3n) is 2.05. The van der Waals surface area contributed by atoms with Crippen molar-refractivity contribution in [3.63, 3.8) is 0 Å². The number of likely N-dealkylation sites (tertiary alicyclic amines) is 1. The van der Waals surface area contributed by atoms with Gasteiger partial charge in [-0.05, 0) is 26.7 Å². The smallest absolute Gasteiger partial charge is 0.410 e. The molecule has 0 aromatic carbocycles. The van der Waals surface area contributed by atoms with Gasteiger partial charge in [-0.25, -0.2) is 4.79 Å². The van der Waals surface area contributed by atoms with Crippen LogP contribution >= 0.6 is 12.4 Å². The van der Waals surface area contributed by atoms with Crippen molar-refractivity contribution >= 4 is 18.5 Å². The summed E-state index contributed by atoms with van der Waals surface area (Å²) in [7, 11) is 0. The molecule has 1 amide bonds. The molecule has 2 N–H and O–H groups in total. The van der Waals surface area contributed by atoms with Crippen molar-refractivity contribution in [2.75, 3.05) is 13.1 Å². The minimum absolute atomic E-state index is 0. The number of rotatable bonds is 1. The second kappa shape index (κ2) is 6.09. The number of hydrogen-bond donors (Lipinski definition) is 1. The number of piperidine rings is 1. The average Bonchev–Trinajstić information content (AvgIpc) is 2.03. The van der Waals surface area contributed by atoms with Crippen LogP contribution in [0.25, 0.3) is 0 Å². The van der Waals surface area contributed by atoms with Crippen molar-refractivity contribution < 1.29 is 9.53 Å². The van der Waals surface area contributed by atoms with Gasteiger partial charge in [-0.2, -0.15) is 0 Å². The normalized spacial score (nSPS) is 21.7. The maximum atomic E-state index is 11.4. The fourth-order valence-corrected chi connectivity index (χ4v) is 1.45. The fraction of sp³-hybridized carbons (Fsp3) is 0.889. The Morgan fingerprint density at radius 1 is 1.57 bits per heavy atom. The molecule has 0 aromatic heterocycles. The third-order valence-corrected chi connectivity index (χ3v) is 2.05. The van der Waals surface area contributed by atoms with Crippen LogP contribution < -0.4 is 5.73 Å². The quantitative estimate of drug-likeness (QED) is 0.729. The molecule has 84 valence electrons. The van der Waals surface area contributed by atoms with E-state index < -0.39 is 0 Å². The van der Waals surface area contributed by atoms with Gasteiger partial charge in [0, 0.05) is 19.1 Å². The zero-order chi connectivity index (χ0) is 9.84. The van der Waals surface area contributed by atoms with Crippen LogP contribution in [0.15, 0.2) is 0 Å². The topological polar surface area (TPSA) is 55.6 Å². The van der Waals surface area contributed by atoms with Crippen molar-refractivity contribution in [3.8, 4) is 0 Å². The van der Waals surface area contributed by atoms with Crippen molar-refractivity contribution in [3.05, 3.63) is 0 Å². The molecule has 1 fully saturated rings. The molecule has 0 radical (unpaired) electrons. The molecule has 1 rings (SSSR count). The average molecular weight is 223 g/mol. The summed E-state index contributed by atoms with van der Waals surface area (Å²) in [6.07, 6.45) is 1.70. The van der Waals surface area contributed by atoms with E-state index in [1.165, 1.54) is 0 Å². The first kappa shape index (κ1) is 13.5. The number of hydrogen-bond acceptors (Lipinski definition) is 3. The molecule has 0 aromatic rings. The number of amides is 1.